The number of hydrogen-bond donors (Lipinski definition) is 2. The molecule has 23 heavy (non-hydrogen) atoms. The standard InChI is InChI=1S/C17H22N2O4/c20-16(19(22)23)13-15-10-6-12-18(17(15)21)11-5-4-9-14-7-2-1-3-8-14/h1-3,7-8,10,22-23H,4-6,9,11-13H2. The lowest BCUT2D eigenvalue weighted by Crippen LogP contribution is -2.38. The van der Waals surface area contributed by atoms with Gasteiger partial charge in [0, 0.05) is 18.7 Å². The van der Waals surface area contributed by atoms with Crippen molar-refractivity contribution in [3.63, 3.8) is 0 Å². The first kappa shape index (κ1) is 17.2. The summed E-state index contributed by atoms with van der Waals surface area (Å²) in [5, 5.41) is 16.9. The minimum absolute atomic E-state index is 0.189. The van der Waals surface area contributed by atoms with Gasteiger partial charge in [0.05, 0.1) is 6.42 Å². The summed E-state index contributed by atoms with van der Waals surface area (Å²) in [5.74, 6) is -1.10. The summed E-state index contributed by atoms with van der Waals surface area (Å²) in [5.41, 5.74) is 1.62. The van der Waals surface area contributed by atoms with E-state index in [2.05, 4.69) is 12.1 Å². The van der Waals surface area contributed by atoms with Crippen LogP contribution < -0.4 is 0 Å². The van der Waals surface area contributed by atoms with Gasteiger partial charge in [-0.3, -0.25) is 20.0 Å². The quantitative estimate of drug-likeness (QED) is 0.459. The SMILES string of the molecule is O=C(CC1=CCCN(CCCCc2ccccc2)C1=O)N(O)O. The average Bonchev–Trinajstić information content (AvgIpc) is 2.55. The van der Waals surface area contributed by atoms with E-state index >= 15 is 0 Å². The first-order valence-corrected chi connectivity index (χ1v) is 7.81. The van der Waals surface area contributed by atoms with Gasteiger partial charge >= 0.3 is 0 Å². The summed E-state index contributed by atoms with van der Waals surface area (Å²) < 4.78 is 0. The molecule has 1 aliphatic rings. The molecule has 124 valence electrons. The monoisotopic (exact) mass is 318 g/mol. The molecule has 0 saturated carbocycles. The van der Waals surface area contributed by atoms with Gasteiger partial charge in [-0.15, -0.1) is 0 Å². The Bertz CT molecular complexity index is 569. The Balaban J connectivity index is 1.77. The molecular formula is C17H22N2O4. The Morgan fingerprint density at radius 1 is 1.17 bits per heavy atom. The van der Waals surface area contributed by atoms with Crippen molar-refractivity contribution in [3.05, 3.63) is 47.5 Å². The lowest BCUT2D eigenvalue weighted by molar-refractivity contribution is -0.284. The Morgan fingerprint density at radius 3 is 2.61 bits per heavy atom. The van der Waals surface area contributed by atoms with Crippen molar-refractivity contribution < 1.29 is 20.0 Å². The number of hydroxylamine groups is 2. The van der Waals surface area contributed by atoms with Gasteiger partial charge in [-0.25, -0.2) is 0 Å². The Morgan fingerprint density at radius 2 is 1.91 bits per heavy atom. The molecule has 0 atom stereocenters. The lowest BCUT2D eigenvalue weighted by Gasteiger charge is -2.27. The zero-order chi connectivity index (χ0) is 16.7. The van der Waals surface area contributed by atoms with Crippen LogP contribution in [0, 0.1) is 0 Å². The van der Waals surface area contributed by atoms with Crippen LogP contribution in [0.2, 0.25) is 0 Å². The van der Waals surface area contributed by atoms with E-state index in [1.54, 1.807) is 11.0 Å². The molecule has 0 unspecified atom stereocenters. The molecule has 1 aromatic carbocycles. The summed E-state index contributed by atoms with van der Waals surface area (Å²) in [6, 6.07) is 10.2. The molecule has 6 nitrogen and oxygen atoms in total. The Labute approximate surface area is 135 Å². The third-order valence-corrected chi connectivity index (χ3v) is 3.90. The van der Waals surface area contributed by atoms with E-state index in [1.807, 2.05) is 18.2 Å². The summed E-state index contributed by atoms with van der Waals surface area (Å²) in [7, 11) is 0. The van der Waals surface area contributed by atoms with Crippen LogP contribution in [0.1, 0.15) is 31.2 Å². The second kappa shape index (κ2) is 8.45. The van der Waals surface area contributed by atoms with Gasteiger partial charge in [0.1, 0.15) is 0 Å². The van der Waals surface area contributed by atoms with Gasteiger partial charge in [0.15, 0.2) is 0 Å². The van der Waals surface area contributed by atoms with E-state index in [1.165, 1.54) is 5.56 Å². The van der Waals surface area contributed by atoms with Crippen molar-refractivity contribution in [1.29, 1.82) is 0 Å². The van der Waals surface area contributed by atoms with E-state index in [9.17, 15) is 9.59 Å². The number of carbonyl (C=O) groups excluding carboxylic acids is 2. The molecule has 0 bridgehead atoms. The molecule has 2 N–H and O–H groups in total. The molecule has 0 saturated heterocycles. The molecule has 1 aliphatic heterocycles. The highest BCUT2D eigenvalue weighted by atomic mass is 16.8. The topological polar surface area (TPSA) is 81.1 Å². The predicted molar refractivity (Wildman–Crippen MR) is 83.7 cm³/mol. The summed E-state index contributed by atoms with van der Waals surface area (Å²) in [6.07, 6.45) is 4.97. The molecule has 6 heteroatoms. The predicted octanol–water partition coefficient (Wildman–Crippen LogP) is 2.17. The molecule has 1 heterocycles. The highest BCUT2D eigenvalue weighted by Gasteiger charge is 2.24. The molecule has 2 rings (SSSR count). The zero-order valence-electron chi connectivity index (χ0n) is 13.0. The number of rotatable bonds is 7. The van der Waals surface area contributed by atoms with E-state index < -0.39 is 11.1 Å². The summed E-state index contributed by atoms with van der Waals surface area (Å²) >= 11 is 0. The van der Waals surface area contributed by atoms with E-state index in [0.29, 0.717) is 25.1 Å². The van der Waals surface area contributed by atoms with Gasteiger partial charge in [-0.05, 0) is 31.2 Å². The van der Waals surface area contributed by atoms with Crippen LogP contribution >= 0.6 is 0 Å². The third kappa shape index (κ3) is 5.19. The normalized spacial score (nSPS) is 14.6. The van der Waals surface area contributed by atoms with Crippen LogP contribution in [-0.4, -0.2) is 45.4 Å². The fourth-order valence-corrected chi connectivity index (χ4v) is 2.66. The van der Waals surface area contributed by atoms with E-state index in [4.69, 9.17) is 10.4 Å². The zero-order valence-corrected chi connectivity index (χ0v) is 13.0. The highest BCUT2D eigenvalue weighted by Crippen LogP contribution is 2.16. The minimum atomic E-state index is -0.907. The second-order valence-corrected chi connectivity index (χ2v) is 5.61. The maximum atomic E-state index is 12.3. The number of aryl methyl sites for hydroxylation is 1. The van der Waals surface area contributed by atoms with Crippen molar-refractivity contribution in [3.8, 4) is 0 Å². The minimum Gasteiger partial charge on any atom is -0.339 e. The summed E-state index contributed by atoms with van der Waals surface area (Å²) in [4.78, 5) is 25.3. The average molecular weight is 318 g/mol. The number of hydrogen-bond acceptors (Lipinski definition) is 4. The molecular weight excluding hydrogens is 296 g/mol. The van der Waals surface area contributed by atoms with Crippen LogP contribution in [0.5, 0.6) is 0 Å². The maximum Gasteiger partial charge on any atom is 0.277 e. The van der Waals surface area contributed by atoms with Gasteiger partial charge in [-0.2, -0.15) is 0 Å². The van der Waals surface area contributed by atoms with Crippen molar-refractivity contribution >= 4 is 11.8 Å². The lowest BCUT2D eigenvalue weighted by atomic mass is 10.0. The van der Waals surface area contributed by atoms with Gasteiger partial charge < -0.3 is 4.90 Å². The molecule has 0 fully saturated rings. The van der Waals surface area contributed by atoms with Crippen molar-refractivity contribution in [2.24, 2.45) is 0 Å². The number of benzene rings is 1. The van der Waals surface area contributed by atoms with Crippen molar-refractivity contribution in [2.75, 3.05) is 13.1 Å². The maximum absolute atomic E-state index is 12.3. The fourth-order valence-electron chi connectivity index (χ4n) is 2.66. The molecule has 0 aliphatic carbocycles. The summed E-state index contributed by atoms with van der Waals surface area (Å²) in [6.45, 7) is 1.29. The molecule has 0 spiro atoms. The third-order valence-electron chi connectivity index (χ3n) is 3.90. The number of carbonyl (C=O) groups is 2. The Kier molecular flexibility index (Phi) is 6.31. The van der Waals surface area contributed by atoms with E-state index in [-0.39, 0.29) is 12.3 Å². The van der Waals surface area contributed by atoms with Gasteiger partial charge in [0.25, 0.3) is 5.91 Å². The molecule has 0 radical (unpaired) electrons. The first-order chi connectivity index (χ1) is 11.1. The van der Waals surface area contributed by atoms with Gasteiger partial charge in [0.2, 0.25) is 5.91 Å². The number of amides is 2. The van der Waals surface area contributed by atoms with Gasteiger partial charge in [-0.1, -0.05) is 41.6 Å². The van der Waals surface area contributed by atoms with Crippen LogP contribution in [0.3, 0.4) is 0 Å². The van der Waals surface area contributed by atoms with E-state index in [0.717, 1.165) is 19.3 Å². The number of nitrogens with zero attached hydrogens (tertiary/aromatic N) is 2. The van der Waals surface area contributed by atoms with Crippen molar-refractivity contribution in [2.45, 2.75) is 32.1 Å². The second-order valence-electron chi connectivity index (χ2n) is 5.61. The van der Waals surface area contributed by atoms with Crippen LogP contribution in [-0.2, 0) is 16.0 Å². The first-order valence-electron chi connectivity index (χ1n) is 7.81. The van der Waals surface area contributed by atoms with Crippen LogP contribution in [0.15, 0.2) is 42.0 Å². The smallest absolute Gasteiger partial charge is 0.277 e. The molecule has 2 amide bonds. The molecule has 1 aromatic rings. The Hall–Kier alpha value is -2.18. The van der Waals surface area contributed by atoms with Crippen molar-refractivity contribution in [1.82, 2.24) is 10.1 Å². The number of unbranched alkanes of at least 4 members (excludes halogenated alkanes) is 1. The van der Waals surface area contributed by atoms with Crippen LogP contribution in [0.4, 0.5) is 0 Å². The molecule has 0 aromatic heterocycles. The van der Waals surface area contributed by atoms with Crippen LogP contribution in [0.25, 0.3) is 0 Å². The largest absolute Gasteiger partial charge is 0.339 e. The fraction of sp³-hybridized carbons (Fsp3) is 0.412. The highest BCUT2D eigenvalue weighted by molar-refractivity contribution is 5.98.